The quantitative estimate of drug-likeness (QED) is 0.674. The van der Waals surface area contributed by atoms with Crippen LogP contribution in [0, 0.1) is 6.92 Å². The van der Waals surface area contributed by atoms with Crippen molar-refractivity contribution < 1.29 is 9.53 Å². The van der Waals surface area contributed by atoms with Crippen molar-refractivity contribution in [1.29, 1.82) is 0 Å². The molecule has 1 amide bonds. The number of methoxy groups -OCH3 is 1. The number of carbonyl (C=O) groups is 1. The van der Waals surface area contributed by atoms with Gasteiger partial charge in [-0.25, -0.2) is 0 Å². The molecule has 1 aromatic rings. The van der Waals surface area contributed by atoms with Gasteiger partial charge in [0, 0.05) is 19.2 Å². The van der Waals surface area contributed by atoms with Crippen molar-refractivity contribution >= 4 is 5.91 Å². The second kappa shape index (κ2) is 3.01. The van der Waals surface area contributed by atoms with Crippen LogP contribution >= 0.6 is 0 Å². The van der Waals surface area contributed by atoms with E-state index in [4.69, 9.17) is 4.74 Å². The van der Waals surface area contributed by atoms with E-state index in [0.717, 1.165) is 22.4 Å². The molecule has 0 N–H and O–H groups in total. The van der Waals surface area contributed by atoms with Gasteiger partial charge in [0.1, 0.15) is 5.75 Å². The third kappa shape index (κ3) is 1.16. The van der Waals surface area contributed by atoms with Crippen LogP contribution in [0.1, 0.15) is 21.5 Å². The number of nitrogens with zero attached hydrogens (tertiary/aromatic N) is 1. The first-order chi connectivity index (χ1) is 6.63. The van der Waals surface area contributed by atoms with Crippen molar-refractivity contribution in [3.63, 3.8) is 0 Å². The van der Waals surface area contributed by atoms with Crippen LogP contribution in [-0.4, -0.2) is 25.0 Å². The molecule has 3 nitrogen and oxygen atoms in total. The zero-order valence-electron chi connectivity index (χ0n) is 8.63. The highest BCUT2D eigenvalue weighted by atomic mass is 16.5. The first-order valence-corrected chi connectivity index (χ1v) is 4.56. The smallest absolute Gasteiger partial charge is 0.254 e. The number of rotatable bonds is 1. The normalized spacial score (nSPS) is 14.5. The third-order valence-electron chi connectivity index (χ3n) is 2.61. The van der Waals surface area contributed by atoms with Gasteiger partial charge < -0.3 is 9.64 Å². The molecule has 0 aromatic heterocycles. The van der Waals surface area contributed by atoms with E-state index in [0.29, 0.717) is 6.54 Å². The summed E-state index contributed by atoms with van der Waals surface area (Å²) in [6, 6.07) is 3.85. The van der Waals surface area contributed by atoms with Crippen molar-refractivity contribution in [3.8, 4) is 5.75 Å². The van der Waals surface area contributed by atoms with Gasteiger partial charge in [0.15, 0.2) is 0 Å². The molecule has 0 fully saturated rings. The summed E-state index contributed by atoms with van der Waals surface area (Å²) >= 11 is 0. The Morgan fingerprint density at radius 1 is 1.43 bits per heavy atom. The summed E-state index contributed by atoms with van der Waals surface area (Å²) in [4.78, 5) is 13.3. The summed E-state index contributed by atoms with van der Waals surface area (Å²) in [5, 5.41) is 0. The molecule has 3 heteroatoms. The summed E-state index contributed by atoms with van der Waals surface area (Å²) in [6.45, 7) is 2.63. The highest BCUT2D eigenvalue weighted by Crippen LogP contribution is 2.28. The Balaban J connectivity index is 2.54. The Labute approximate surface area is 83.3 Å². The average Bonchev–Trinajstić information content (AvgIpc) is 2.43. The van der Waals surface area contributed by atoms with E-state index in [1.807, 2.05) is 26.1 Å². The van der Waals surface area contributed by atoms with Crippen LogP contribution in [0.5, 0.6) is 5.75 Å². The number of carbonyl (C=O) groups excluding carboxylic acids is 1. The van der Waals surface area contributed by atoms with E-state index in [9.17, 15) is 4.79 Å². The molecular formula is C11H13NO2. The predicted octanol–water partition coefficient (Wildman–Crippen LogP) is 1.59. The van der Waals surface area contributed by atoms with Crippen molar-refractivity contribution in [1.82, 2.24) is 4.90 Å². The number of hydrogen-bond acceptors (Lipinski definition) is 2. The van der Waals surface area contributed by atoms with Gasteiger partial charge in [0.2, 0.25) is 0 Å². The average molecular weight is 191 g/mol. The van der Waals surface area contributed by atoms with Gasteiger partial charge in [-0.05, 0) is 30.2 Å². The van der Waals surface area contributed by atoms with Crippen LogP contribution < -0.4 is 4.74 Å². The van der Waals surface area contributed by atoms with Crippen molar-refractivity contribution in [2.75, 3.05) is 14.2 Å². The van der Waals surface area contributed by atoms with Crippen LogP contribution in [0.25, 0.3) is 0 Å². The lowest BCUT2D eigenvalue weighted by molar-refractivity contribution is 0.0816. The lowest BCUT2D eigenvalue weighted by atomic mass is 10.1. The highest BCUT2D eigenvalue weighted by Gasteiger charge is 2.25. The molecule has 0 saturated carbocycles. The van der Waals surface area contributed by atoms with Gasteiger partial charge in [0.05, 0.1) is 7.11 Å². The number of fused-ring (bicyclic) bond motifs is 1. The largest absolute Gasteiger partial charge is 0.496 e. The zero-order chi connectivity index (χ0) is 10.3. The number of benzene rings is 1. The molecule has 1 aliphatic heterocycles. The number of aryl methyl sites for hydroxylation is 1. The Morgan fingerprint density at radius 2 is 2.14 bits per heavy atom. The number of amides is 1. The van der Waals surface area contributed by atoms with Crippen LogP contribution in [0.3, 0.4) is 0 Å². The van der Waals surface area contributed by atoms with E-state index in [2.05, 4.69) is 0 Å². The summed E-state index contributed by atoms with van der Waals surface area (Å²) < 4.78 is 5.21. The molecule has 2 rings (SSSR count). The second-order valence-corrected chi connectivity index (χ2v) is 3.64. The van der Waals surface area contributed by atoms with E-state index in [1.165, 1.54) is 0 Å². The Kier molecular flexibility index (Phi) is 1.95. The monoisotopic (exact) mass is 191 g/mol. The molecule has 0 aliphatic carbocycles. The molecule has 0 spiro atoms. The first kappa shape index (κ1) is 9.06. The van der Waals surface area contributed by atoms with E-state index < -0.39 is 0 Å². The molecule has 1 heterocycles. The molecule has 74 valence electrons. The fourth-order valence-corrected chi connectivity index (χ4v) is 1.81. The SMILES string of the molecule is COc1cc2c(cc1C)C(=O)N(C)C2. The van der Waals surface area contributed by atoms with E-state index in [-0.39, 0.29) is 5.91 Å². The van der Waals surface area contributed by atoms with Gasteiger partial charge >= 0.3 is 0 Å². The first-order valence-electron chi connectivity index (χ1n) is 4.56. The standard InChI is InChI=1S/C11H13NO2/c1-7-4-9-8(5-10(7)14-3)6-12(2)11(9)13/h4-5H,6H2,1-3H3. The maximum Gasteiger partial charge on any atom is 0.254 e. The van der Waals surface area contributed by atoms with Gasteiger partial charge in [-0.1, -0.05) is 0 Å². The van der Waals surface area contributed by atoms with Gasteiger partial charge in [-0.3, -0.25) is 4.79 Å². The summed E-state index contributed by atoms with van der Waals surface area (Å²) in [6.07, 6.45) is 0. The number of hydrogen-bond donors (Lipinski definition) is 0. The Morgan fingerprint density at radius 3 is 2.79 bits per heavy atom. The van der Waals surface area contributed by atoms with E-state index >= 15 is 0 Å². The molecule has 14 heavy (non-hydrogen) atoms. The van der Waals surface area contributed by atoms with Crippen molar-refractivity contribution in [2.45, 2.75) is 13.5 Å². The molecule has 1 aromatic carbocycles. The molecule has 0 saturated heterocycles. The van der Waals surface area contributed by atoms with Crippen LogP contribution in [-0.2, 0) is 6.54 Å². The fourth-order valence-electron chi connectivity index (χ4n) is 1.81. The summed E-state index contributed by atoms with van der Waals surface area (Å²) in [5.74, 6) is 0.956. The maximum absolute atomic E-state index is 11.6. The molecule has 1 aliphatic rings. The minimum atomic E-state index is 0.103. The van der Waals surface area contributed by atoms with Crippen molar-refractivity contribution in [2.24, 2.45) is 0 Å². The van der Waals surface area contributed by atoms with Gasteiger partial charge in [-0.2, -0.15) is 0 Å². The zero-order valence-corrected chi connectivity index (χ0v) is 8.63. The minimum Gasteiger partial charge on any atom is -0.496 e. The third-order valence-corrected chi connectivity index (χ3v) is 2.61. The van der Waals surface area contributed by atoms with Crippen LogP contribution in [0.4, 0.5) is 0 Å². The number of ether oxygens (including phenoxy) is 1. The predicted molar refractivity (Wildman–Crippen MR) is 53.5 cm³/mol. The molecule has 0 unspecified atom stereocenters. The topological polar surface area (TPSA) is 29.5 Å². The van der Waals surface area contributed by atoms with Gasteiger partial charge in [0.25, 0.3) is 5.91 Å². The Hall–Kier alpha value is -1.51. The minimum absolute atomic E-state index is 0.103. The molecular weight excluding hydrogens is 178 g/mol. The Bertz CT molecular complexity index is 399. The second-order valence-electron chi connectivity index (χ2n) is 3.64. The fraction of sp³-hybridized carbons (Fsp3) is 0.364. The van der Waals surface area contributed by atoms with Crippen LogP contribution in [0.15, 0.2) is 12.1 Å². The molecule has 0 bridgehead atoms. The summed E-state index contributed by atoms with van der Waals surface area (Å²) in [7, 11) is 3.46. The molecule has 0 atom stereocenters. The lowest BCUT2D eigenvalue weighted by Crippen LogP contribution is -2.17. The lowest BCUT2D eigenvalue weighted by Gasteiger charge is -2.05. The van der Waals surface area contributed by atoms with Crippen molar-refractivity contribution in [3.05, 3.63) is 28.8 Å². The maximum atomic E-state index is 11.6. The highest BCUT2D eigenvalue weighted by molar-refractivity contribution is 5.98. The van der Waals surface area contributed by atoms with Gasteiger partial charge in [-0.15, -0.1) is 0 Å². The van der Waals surface area contributed by atoms with E-state index in [1.54, 1.807) is 12.0 Å². The summed E-state index contributed by atoms with van der Waals surface area (Å²) in [5.41, 5.74) is 2.88. The van der Waals surface area contributed by atoms with Crippen LogP contribution in [0.2, 0.25) is 0 Å². The molecule has 0 radical (unpaired) electrons.